The zero-order valence-electron chi connectivity index (χ0n) is 12.8. The molecule has 3 N–H and O–H groups in total. The largest absolute Gasteiger partial charge is 0.490 e. The van der Waals surface area contributed by atoms with Gasteiger partial charge in [0.2, 0.25) is 5.75 Å². The zero-order valence-corrected chi connectivity index (χ0v) is 12.8. The van der Waals surface area contributed by atoms with Crippen molar-refractivity contribution >= 4 is 11.6 Å². The Hall–Kier alpha value is -1.56. The molecule has 2 heterocycles. The quantitative estimate of drug-likeness (QED) is 0.657. The van der Waals surface area contributed by atoms with Crippen LogP contribution in [0.5, 0.6) is 5.75 Å². The molecule has 3 rings (SSSR count). The summed E-state index contributed by atoms with van der Waals surface area (Å²) < 4.78 is 5.45. The first kappa shape index (κ1) is 14.4. The number of hydrogen-bond acceptors (Lipinski definition) is 6. The van der Waals surface area contributed by atoms with Gasteiger partial charge in [-0.25, -0.2) is 15.8 Å². The normalized spacial score (nSPS) is 21.3. The predicted octanol–water partition coefficient (Wildman–Crippen LogP) is 2.32. The van der Waals surface area contributed by atoms with Crippen LogP contribution in [0.3, 0.4) is 0 Å². The Morgan fingerprint density at radius 2 is 1.86 bits per heavy atom. The number of nitrogens with zero attached hydrogens (tertiary/aromatic N) is 3. The number of hydrogen-bond donors (Lipinski definition) is 2. The predicted molar refractivity (Wildman–Crippen MR) is 83.4 cm³/mol. The Balaban J connectivity index is 1.75. The summed E-state index contributed by atoms with van der Waals surface area (Å²) in [4.78, 5) is 10.8. The number of nitrogens with two attached hydrogens (primary N) is 1. The van der Waals surface area contributed by atoms with Crippen LogP contribution in [0.25, 0.3) is 0 Å². The van der Waals surface area contributed by atoms with Crippen LogP contribution in [0.4, 0.5) is 11.6 Å². The highest BCUT2D eigenvalue weighted by Gasteiger charge is 2.36. The van der Waals surface area contributed by atoms with Crippen LogP contribution < -0.4 is 20.9 Å². The summed E-state index contributed by atoms with van der Waals surface area (Å²) in [6.07, 6.45) is 11.1. The highest BCUT2D eigenvalue weighted by atomic mass is 16.5. The van der Waals surface area contributed by atoms with Gasteiger partial charge in [0.25, 0.3) is 0 Å². The maximum absolute atomic E-state index is 5.50. The van der Waals surface area contributed by atoms with Gasteiger partial charge in [0.05, 0.1) is 7.11 Å². The second kappa shape index (κ2) is 6.05. The lowest BCUT2D eigenvalue weighted by Gasteiger charge is -2.44. The Kier molecular flexibility index (Phi) is 4.14. The molecule has 6 nitrogen and oxygen atoms in total. The first-order chi connectivity index (χ1) is 10.3. The second-order valence-electron chi connectivity index (χ2n) is 6.27. The van der Waals surface area contributed by atoms with Crippen molar-refractivity contribution in [3.05, 3.63) is 6.33 Å². The van der Waals surface area contributed by atoms with Crippen LogP contribution in [-0.2, 0) is 0 Å². The van der Waals surface area contributed by atoms with Crippen molar-refractivity contribution in [1.29, 1.82) is 0 Å². The number of piperidine rings is 1. The van der Waals surface area contributed by atoms with Crippen molar-refractivity contribution in [1.82, 2.24) is 9.97 Å². The molecule has 1 saturated carbocycles. The maximum atomic E-state index is 5.50. The number of ether oxygens (including phenoxy) is 1. The van der Waals surface area contributed by atoms with Crippen molar-refractivity contribution in [2.45, 2.75) is 44.9 Å². The van der Waals surface area contributed by atoms with Crippen molar-refractivity contribution < 1.29 is 4.74 Å². The second-order valence-corrected chi connectivity index (χ2v) is 6.27. The minimum atomic E-state index is 0.542. The van der Waals surface area contributed by atoms with Crippen LogP contribution in [0.2, 0.25) is 0 Å². The van der Waals surface area contributed by atoms with Crippen LogP contribution in [-0.4, -0.2) is 30.2 Å². The van der Waals surface area contributed by atoms with Gasteiger partial charge in [-0.2, -0.15) is 0 Å². The summed E-state index contributed by atoms with van der Waals surface area (Å²) >= 11 is 0. The monoisotopic (exact) mass is 291 g/mol. The van der Waals surface area contributed by atoms with Crippen molar-refractivity contribution in [2.24, 2.45) is 11.3 Å². The van der Waals surface area contributed by atoms with Gasteiger partial charge in [-0.05, 0) is 31.1 Å². The molecule has 0 aromatic carbocycles. The highest BCUT2D eigenvalue weighted by Crippen LogP contribution is 2.46. The van der Waals surface area contributed by atoms with E-state index in [1.807, 2.05) is 0 Å². The molecule has 116 valence electrons. The number of methoxy groups -OCH3 is 1. The molecule has 21 heavy (non-hydrogen) atoms. The van der Waals surface area contributed by atoms with E-state index in [-0.39, 0.29) is 0 Å². The fourth-order valence-corrected chi connectivity index (χ4v) is 3.88. The standard InChI is InChI=1S/C15H25N5O/c1-21-12-13(19-16)17-11-18-14(12)20-9-7-15(8-10-20)5-3-2-4-6-15/h11H,2-10,16H2,1H3,(H,17,18,19). The summed E-state index contributed by atoms with van der Waals surface area (Å²) in [7, 11) is 1.63. The Morgan fingerprint density at radius 3 is 2.48 bits per heavy atom. The molecular weight excluding hydrogens is 266 g/mol. The highest BCUT2D eigenvalue weighted by molar-refractivity contribution is 5.64. The summed E-state index contributed by atoms with van der Waals surface area (Å²) in [5.74, 6) is 7.53. The Morgan fingerprint density at radius 1 is 1.14 bits per heavy atom. The maximum Gasteiger partial charge on any atom is 0.205 e. The number of nitrogens with one attached hydrogen (secondary N) is 1. The number of aromatic nitrogens is 2. The molecule has 1 spiro atoms. The van der Waals surface area contributed by atoms with Crippen LogP contribution >= 0.6 is 0 Å². The third-order valence-corrected chi connectivity index (χ3v) is 5.16. The molecule has 6 heteroatoms. The number of rotatable bonds is 3. The van der Waals surface area contributed by atoms with E-state index in [1.54, 1.807) is 7.11 Å². The van der Waals surface area contributed by atoms with Crippen molar-refractivity contribution in [3.8, 4) is 5.75 Å². The molecule has 1 aromatic rings. The third kappa shape index (κ3) is 2.77. The average Bonchev–Trinajstić information content (AvgIpc) is 2.55. The Labute approximate surface area is 126 Å². The lowest BCUT2D eigenvalue weighted by atomic mass is 9.68. The van der Waals surface area contributed by atoms with Crippen LogP contribution in [0.15, 0.2) is 6.33 Å². The average molecular weight is 291 g/mol. The molecule has 1 aliphatic carbocycles. The summed E-state index contributed by atoms with van der Waals surface area (Å²) in [6.45, 7) is 2.08. The van der Waals surface area contributed by atoms with Gasteiger partial charge in [0.1, 0.15) is 6.33 Å². The molecule has 2 fully saturated rings. The molecule has 0 radical (unpaired) electrons. The topological polar surface area (TPSA) is 76.3 Å². The van der Waals surface area contributed by atoms with Gasteiger partial charge in [0.15, 0.2) is 11.6 Å². The number of nitrogen functional groups attached to an aromatic ring is 1. The molecule has 1 aliphatic heterocycles. The van der Waals surface area contributed by atoms with E-state index < -0.39 is 0 Å². The van der Waals surface area contributed by atoms with E-state index in [4.69, 9.17) is 10.6 Å². The molecule has 1 aromatic heterocycles. The van der Waals surface area contributed by atoms with Gasteiger partial charge >= 0.3 is 0 Å². The summed E-state index contributed by atoms with van der Waals surface area (Å²) in [6, 6.07) is 0. The lowest BCUT2D eigenvalue weighted by molar-refractivity contribution is 0.144. The molecule has 2 aliphatic rings. The van der Waals surface area contributed by atoms with Crippen molar-refractivity contribution in [3.63, 3.8) is 0 Å². The number of hydrazine groups is 1. The summed E-state index contributed by atoms with van der Waals surface area (Å²) in [5.41, 5.74) is 3.17. The Bertz CT molecular complexity index is 477. The molecule has 0 atom stereocenters. The molecule has 0 unspecified atom stereocenters. The fourth-order valence-electron chi connectivity index (χ4n) is 3.88. The SMILES string of the molecule is COc1c(NN)ncnc1N1CCC2(CCCCC2)CC1. The van der Waals surface area contributed by atoms with E-state index in [0.29, 0.717) is 17.0 Å². The van der Waals surface area contributed by atoms with E-state index in [0.717, 1.165) is 18.9 Å². The smallest absolute Gasteiger partial charge is 0.205 e. The third-order valence-electron chi connectivity index (χ3n) is 5.16. The molecule has 0 amide bonds. The van der Waals surface area contributed by atoms with Gasteiger partial charge in [0, 0.05) is 13.1 Å². The van der Waals surface area contributed by atoms with Gasteiger partial charge in [-0.3, -0.25) is 0 Å². The van der Waals surface area contributed by atoms with E-state index in [9.17, 15) is 0 Å². The minimum absolute atomic E-state index is 0.542. The van der Waals surface area contributed by atoms with E-state index >= 15 is 0 Å². The van der Waals surface area contributed by atoms with Gasteiger partial charge in [-0.15, -0.1) is 0 Å². The molecule has 0 bridgehead atoms. The first-order valence-electron chi connectivity index (χ1n) is 7.88. The zero-order chi connectivity index (χ0) is 14.7. The fraction of sp³-hybridized carbons (Fsp3) is 0.733. The van der Waals surface area contributed by atoms with Crippen LogP contribution in [0.1, 0.15) is 44.9 Å². The van der Waals surface area contributed by atoms with Crippen molar-refractivity contribution in [2.75, 3.05) is 30.5 Å². The van der Waals surface area contributed by atoms with E-state index in [2.05, 4.69) is 20.3 Å². The lowest BCUT2D eigenvalue weighted by Crippen LogP contribution is -2.41. The summed E-state index contributed by atoms with van der Waals surface area (Å²) in [5, 5.41) is 0. The van der Waals surface area contributed by atoms with Gasteiger partial charge in [-0.1, -0.05) is 19.3 Å². The van der Waals surface area contributed by atoms with Gasteiger partial charge < -0.3 is 15.1 Å². The molecular formula is C15H25N5O. The van der Waals surface area contributed by atoms with Crippen LogP contribution in [0, 0.1) is 5.41 Å². The minimum Gasteiger partial charge on any atom is -0.490 e. The molecule has 1 saturated heterocycles. The first-order valence-corrected chi connectivity index (χ1v) is 7.88. The number of anilines is 2. The van der Waals surface area contributed by atoms with E-state index in [1.165, 1.54) is 51.3 Å².